The van der Waals surface area contributed by atoms with Gasteiger partial charge in [-0.1, -0.05) is 47.0 Å². The third kappa shape index (κ3) is 4.14. The Morgan fingerprint density at radius 1 is 1.18 bits per heavy atom. The normalized spacial score (nSPS) is 17.0. The van der Waals surface area contributed by atoms with Crippen molar-refractivity contribution in [2.45, 2.75) is 38.1 Å². The summed E-state index contributed by atoms with van der Waals surface area (Å²) in [4.78, 5) is 13.5. The fourth-order valence-corrected chi connectivity index (χ4v) is 4.41. The summed E-state index contributed by atoms with van der Waals surface area (Å²) in [7, 11) is 1.64. The summed E-state index contributed by atoms with van der Waals surface area (Å²) in [6.07, 6.45) is 1.13. The number of nitrogens with one attached hydrogen (secondary N) is 1. The summed E-state index contributed by atoms with van der Waals surface area (Å²) >= 11 is 12.6. The summed E-state index contributed by atoms with van der Waals surface area (Å²) in [5.41, 5.74) is 2.10. The van der Waals surface area contributed by atoms with Crippen LogP contribution in [0.1, 0.15) is 42.5 Å². The predicted octanol–water partition coefficient (Wildman–Crippen LogP) is 5.24. The van der Waals surface area contributed by atoms with Gasteiger partial charge in [0, 0.05) is 28.8 Å². The van der Waals surface area contributed by atoms with E-state index >= 15 is 0 Å². The van der Waals surface area contributed by atoms with E-state index in [0.29, 0.717) is 36.1 Å². The lowest BCUT2D eigenvalue weighted by Crippen LogP contribution is -2.48. The summed E-state index contributed by atoms with van der Waals surface area (Å²) in [6.45, 7) is 5.00. The van der Waals surface area contributed by atoms with Gasteiger partial charge in [0.15, 0.2) is 0 Å². The zero-order valence-electron chi connectivity index (χ0n) is 16.4. The number of aryl methyl sites for hydroxylation is 1. The lowest BCUT2D eigenvalue weighted by molar-refractivity contribution is -0.131. The van der Waals surface area contributed by atoms with E-state index in [1.807, 2.05) is 38.1 Å². The van der Waals surface area contributed by atoms with E-state index in [9.17, 15) is 4.79 Å². The second kappa shape index (κ2) is 8.73. The van der Waals surface area contributed by atoms with Crippen LogP contribution in [0.5, 0.6) is 5.75 Å². The van der Waals surface area contributed by atoms with Gasteiger partial charge in [-0.2, -0.15) is 0 Å². The van der Waals surface area contributed by atoms with Crippen LogP contribution >= 0.6 is 23.2 Å². The molecule has 0 aliphatic carbocycles. The number of benzene rings is 2. The maximum absolute atomic E-state index is 13.5. The molecule has 150 valence electrons. The lowest BCUT2D eigenvalue weighted by atomic mass is 9.73. The van der Waals surface area contributed by atoms with Crippen LogP contribution in [0.25, 0.3) is 0 Å². The Labute approximate surface area is 176 Å². The summed E-state index contributed by atoms with van der Waals surface area (Å²) < 4.78 is 11.0. The number of hydrogen-bond acceptors (Lipinski definition) is 3. The van der Waals surface area contributed by atoms with Gasteiger partial charge in [-0.05, 0) is 50.5 Å². The minimum absolute atomic E-state index is 0.0592. The summed E-state index contributed by atoms with van der Waals surface area (Å²) in [6, 6.07) is 11.1. The Balaban J connectivity index is 1.94. The van der Waals surface area contributed by atoms with Crippen LogP contribution in [0.2, 0.25) is 10.0 Å². The van der Waals surface area contributed by atoms with Gasteiger partial charge in [0.25, 0.3) is 0 Å². The van der Waals surface area contributed by atoms with Gasteiger partial charge in [-0.3, -0.25) is 4.79 Å². The highest BCUT2D eigenvalue weighted by molar-refractivity contribution is 6.35. The smallest absolute Gasteiger partial charge is 0.231 e. The van der Waals surface area contributed by atoms with E-state index < -0.39 is 5.41 Å². The van der Waals surface area contributed by atoms with Crippen LogP contribution in [0.3, 0.4) is 0 Å². The molecule has 0 radical (unpaired) electrons. The first-order valence-electron chi connectivity index (χ1n) is 9.36. The van der Waals surface area contributed by atoms with E-state index in [4.69, 9.17) is 32.7 Å². The number of rotatable bonds is 5. The predicted molar refractivity (Wildman–Crippen MR) is 112 cm³/mol. The van der Waals surface area contributed by atoms with Gasteiger partial charge in [0.2, 0.25) is 5.91 Å². The highest BCUT2D eigenvalue weighted by Crippen LogP contribution is 2.40. The molecule has 1 atom stereocenters. The third-order valence-electron chi connectivity index (χ3n) is 5.43. The molecule has 0 saturated carbocycles. The average molecular weight is 422 g/mol. The van der Waals surface area contributed by atoms with Crippen molar-refractivity contribution in [3.63, 3.8) is 0 Å². The Bertz CT molecular complexity index is 863. The second-order valence-electron chi connectivity index (χ2n) is 7.26. The molecule has 0 bridgehead atoms. The number of carbonyl (C=O) groups excluding carboxylic acids is 1. The SMILES string of the molecule is COc1ccc(C)cc1C(C)NC(=O)C1(c2ccc(Cl)cc2Cl)CCOCC1. The molecule has 3 rings (SSSR count). The molecule has 0 aromatic heterocycles. The van der Waals surface area contributed by atoms with Crippen molar-refractivity contribution < 1.29 is 14.3 Å². The van der Waals surface area contributed by atoms with Crippen molar-refractivity contribution in [3.05, 3.63) is 63.1 Å². The Morgan fingerprint density at radius 2 is 1.89 bits per heavy atom. The van der Waals surface area contributed by atoms with Crippen LogP contribution in [-0.4, -0.2) is 26.2 Å². The number of methoxy groups -OCH3 is 1. The van der Waals surface area contributed by atoms with Crippen LogP contribution < -0.4 is 10.1 Å². The Hall–Kier alpha value is -1.75. The molecule has 6 heteroatoms. The average Bonchev–Trinajstić information content (AvgIpc) is 2.68. The first kappa shape index (κ1) is 21.0. The standard InChI is InChI=1S/C22H25Cl2NO3/c1-14-4-7-20(27-3)17(12-14)15(2)25-21(26)22(8-10-28-11-9-22)18-6-5-16(23)13-19(18)24/h4-7,12-13,15H,8-11H2,1-3H3,(H,25,26). The molecule has 1 saturated heterocycles. The van der Waals surface area contributed by atoms with Crippen molar-refractivity contribution >= 4 is 29.1 Å². The van der Waals surface area contributed by atoms with Crippen molar-refractivity contribution in [2.24, 2.45) is 0 Å². The minimum Gasteiger partial charge on any atom is -0.496 e. The Morgan fingerprint density at radius 3 is 2.54 bits per heavy atom. The fourth-order valence-electron chi connectivity index (χ4n) is 3.82. The van der Waals surface area contributed by atoms with E-state index in [2.05, 4.69) is 5.32 Å². The van der Waals surface area contributed by atoms with Crippen LogP contribution in [-0.2, 0) is 14.9 Å². The number of carbonyl (C=O) groups is 1. The van der Waals surface area contributed by atoms with Crippen LogP contribution in [0, 0.1) is 6.92 Å². The van der Waals surface area contributed by atoms with Crippen molar-refractivity contribution in [1.29, 1.82) is 0 Å². The van der Waals surface area contributed by atoms with Crippen molar-refractivity contribution in [3.8, 4) is 5.75 Å². The molecule has 1 N–H and O–H groups in total. The second-order valence-corrected chi connectivity index (χ2v) is 8.10. The molecule has 1 unspecified atom stereocenters. The van der Waals surface area contributed by atoms with Gasteiger partial charge in [0.05, 0.1) is 18.6 Å². The zero-order chi connectivity index (χ0) is 20.3. The molecular weight excluding hydrogens is 397 g/mol. The molecule has 2 aromatic carbocycles. The third-order valence-corrected chi connectivity index (χ3v) is 5.97. The number of hydrogen-bond donors (Lipinski definition) is 1. The minimum atomic E-state index is -0.745. The van der Waals surface area contributed by atoms with Crippen LogP contribution in [0.4, 0.5) is 0 Å². The highest BCUT2D eigenvalue weighted by Gasteiger charge is 2.43. The van der Waals surface area contributed by atoms with Gasteiger partial charge in [0.1, 0.15) is 5.75 Å². The fraction of sp³-hybridized carbons (Fsp3) is 0.409. The molecule has 28 heavy (non-hydrogen) atoms. The van der Waals surface area contributed by atoms with E-state index in [0.717, 1.165) is 22.4 Å². The first-order chi connectivity index (χ1) is 13.4. The molecule has 2 aromatic rings. The largest absolute Gasteiger partial charge is 0.496 e. The molecule has 1 amide bonds. The number of amides is 1. The molecular formula is C22H25Cl2NO3. The van der Waals surface area contributed by atoms with Crippen LogP contribution in [0.15, 0.2) is 36.4 Å². The summed E-state index contributed by atoms with van der Waals surface area (Å²) in [5.74, 6) is 0.694. The molecule has 4 nitrogen and oxygen atoms in total. The van der Waals surface area contributed by atoms with E-state index in [1.54, 1.807) is 19.2 Å². The van der Waals surface area contributed by atoms with Gasteiger partial charge in [-0.25, -0.2) is 0 Å². The Kier molecular flexibility index (Phi) is 6.54. The monoisotopic (exact) mass is 421 g/mol. The number of ether oxygens (including phenoxy) is 2. The van der Waals surface area contributed by atoms with Gasteiger partial charge < -0.3 is 14.8 Å². The van der Waals surface area contributed by atoms with Gasteiger partial charge in [-0.15, -0.1) is 0 Å². The van der Waals surface area contributed by atoms with Crippen molar-refractivity contribution in [1.82, 2.24) is 5.32 Å². The molecule has 1 heterocycles. The van der Waals surface area contributed by atoms with E-state index in [-0.39, 0.29) is 11.9 Å². The van der Waals surface area contributed by atoms with Gasteiger partial charge >= 0.3 is 0 Å². The molecule has 1 fully saturated rings. The van der Waals surface area contributed by atoms with E-state index in [1.165, 1.54) is 0 Å². The van der Waals surface area contributed by atoms with Crippen molar-refractivity contribution in [2.75, 3.05) is 20.3 Å². The first-order valence-corrected chi connectivity index (χ1v) is 10.1. The quantitative estimate of drug-likeness (QED) is 0.717. The summed E-state index contributed by atoms with van der Waals surface area (Å²) in [5, 5.41) is 4.24. The topological polar surface area (TPSA) is 47.6 Å². The number of halogens is 2. The molecule has 1 aliphatic rings. The molecule has 0 spiro atoms. The lowest BCUT2D eigenvalue weighted by Gasteiger charge is -2.37. The maximum atomic E-state index is 13.5. The highest BCUT2D eigenvalue weighted by atomic mass is 35.5. The maximum Gasteiger partial charge on any atom is 0.231 e. The molecule has 1 aliphatic heterocycles. The zero-order valence-corrected chi connectivity index (χ0v) is 17.9.